The molecule has 0 radical (unpaired) electrons. The molecular formula is C3H12O4Si3. The van der Waals surface area contributed by atoms with E-state index in [2.05, 4.69) is 13.1 Å². The summed E-state index contributed by atoms with van der Waals surface area (Å²) < 4.78 is 13.8. The quantitative estimate of drug-likeness (QED) is 0.490. The van der Waals surface area contributed by atoms with Gasteiger partial charge in [0, 0.05) is 0 Å². The molecule has 0 saturated heterocycles. The summed E-state index contributed by atoms with van der Waals surface area (Å²) in [6.07, 6.45) is 0. The lowest BCUT2D eigenvalue weighted by Crippen LogP contribution is -2.05. The molecule has 4 nitrogen and oxygen atoms in total. The molecular weight excluding hydrogens is 184 g/mol. The molecule has 0 fully saturated rings. The van der Waals surface area contributed by atoms with E-state index in [-0.39, 0.29) is 0 Å². The molecule has 1 atom stereocenters. The van der Waals surface area contributed by atoms with Crippen LogP contribution in [0.2, 0.25) is 6.55 Å². The highest BCUT2D eigenvalue weighted by atomic mass is 28.3. The van der Waals surface area contributed by atoms with Crippen molar-refractivity contribution in [2.45, 2.75) is 6.55 Å². The normalized spacial score (nSPS) is 10.9. The van der Waals surface area contributed by atoms with E-state index >= 15 is 0 Å². The van der Waals surface area contributed by atoms with Crippen LogP contribution in [0.1, 0.15) is 0 Å². The Hall–Kier alpha value is -0.249. The monoisotopic (exact) mass is 196 g/mol. The van der Waals surface area contributed by atoms with Crippen LogP contribution in [-0.2, 0) is 8.58 Å². The fourth-order valence-electron chi connectivity index (χ4n) is 0.0962. The van der Waals surface area contributed by atoms with Gasteiger partial charge in [-0.2, -0.15) is 0 Å². The number of hydrogen-bond acceptors (Lipinski definition) is 2. The molecule has 0 aromatic heterocycles. The van der Waals surface area contributed by atoms with Gasteiger partial charge in [0.1, 0.15) is 10.5 Å². The lowest BCUT2D eigenvalue weighted by atomic mass is 11.3. The van der Waals surface area contributed by atoms with Crippen LogP contribution in [0.3, 0.4) is 0 Å². The maximum absolute atomic E-state index is 8.74. The van der Waals surface area contributed by atoms with Crippen LogP contribution in [0, 0.1) is 0 Å². The first kappa shape index (κ1) is 12.4. The molecule has 2 N–H and O–H groups in total. The molecule has 7 heteroatoms. The van der Waals surface area contributed by atoms with Crippen molar-refractivity contribution in [3.05, 3.63) is 12.3 Å². The second-order valence-corrected chi connectivity index (χ2v) is 5.79. The third kappa shape index (κ3) is 25.1. The topological polar surface area (TPSA) is 66.8 Å². The van der Waals surface area contributed by atoms with Gasteiger partial charge < -0.3 is 13.7 Å². The van der Waals surface area contributed by atoms with E-state index in [1.54, 1.807) is 0 Å². The van der Waals surface area contributed by atoms with E-state index in [1.165, 1.54) is 0 Å². The Kier molecular flexibility index (Phi) is 10.9. The van der Waals surface area contributed by atoms with Gasteiger partial charge in [-0.15, -0.1) is 6.58 Å². The van der Waals surface area contributed by atoms with E-state index in [0.29, 0.717) is 0 Å². The van der Waals surface area contributed by atoms with Crippen LogP contribution in [0.15, 0.2) is 12.3 Å². The molecule has 10 heavy (non-hydrogen) atoms. The van der Waals surface area contributed by atoms with Gasteiger partial charge in [-0.05, 0) is 6.55 Å². The van der Waals surface area contributed by atoms with Crippen LogP contribution in [0.5, 0.6) is 0 Å². The summed E-state index contributed by atoms with van der Waals surface area (Å²) in [4.78, 5) is 14.3. The molecule has 0 bridgehead atoms. The third-order valence-electron chi connectivity index (χ3n) is 0.704. The Bertz CT molecular complexity index is 102. The average molecular weight is 196 g/mol. The summed E-state index contributed by atoms with van der Waals surface area (Å²) in [6, 6.07) is 0. The summed E-state index contributed by atoms with van der Waals surface area (Å²) in [7, 11) is -3.09. The van der Waals surface area contributed by atoms with Crippen molar-refractivity contribution in [3.63, 3.8) is 0 Å². The molecule has 0 spiro atoms. The molecule has 60 valence electrons. The lowest BCUT2D eigenvalue weighted by molar-refractivity contribution is 0.330. The van der Waals surface area contributed by atoms with E-state index in [0.717, 1.165) is 10.5 Å². The maximum atomic E-state index is 8.74. The summed E-state index contributed by atoms with van der Waals surface area (Å²) in [6.45, 7) is 5.70. The molecule has 0 amide bonds. The van der Waals surface area contributed by atoms with E-state index in [4.69, 9.17) is 18.2 Å². The van der Waals surface area contributed by atoms with Crippen molar-refractivity contribution in [1.82, 2.24) is 0 Å². The number of hydrogen-bond donors (Lipinski definition) is 2. The molecule has 0 rings (SSSR count). The fraction of sp³-hybridized carbons (Fsp3) is 0.333. The fourth-order valence-corrected chi connectivity index (χ4v) is 0.866. The van der Waals surface area contributed by atoms with Gasteiger partial charge in [-0.25, -0.2) is 0 Å². The van der Waals surface area contributed by atoms with Crippen molar-refractivity contribution in [2.24, 2.45) is 0 Å². The van der Waals surface area contributed by atoms with Crippen LogP contribution in [0.25, 0.3) is 0 Å². The minimum Gasteiger partial charge on any atom is -0.511 e. The van der Waals surface area contributed by atoms with Gasteiger partial charge in [0.2, 0.25) is 0 Å². The predicted molar refractivity (Wildman–Crippen MR) is 45.1 cm³/mol. The van der Waals surface area contributed by atoms with Crippen molar-refractivity contribution < 1.29 is 18.2 Å². The Morgan fingerprint density at radius 1 is 1.80 bits per heavy atom. The lowest BCUT2D eigenvalue weighted by Gasteiger charge is -1.95. The largest absolute Gasteiger partial charge is 0.761 e. The van der Waals surface area contributed by atoms with E-state index in [9.17, 15) is 0 Å². The first-order valence-corrected chi connectivity index (χ1v) is 7.03. The van der Waals surface area contributed by atoms with Crippen molar-refractivity contribution in [2.75, 3.05) is 0 Å². The van der Waals surface area contributed by atoms with Crippen LogP contribution in [-0.4, -0.2) is 38.3 Å². The Morgan fingerprint density at radius 2 is 2.10 bits per heavy atom. The van der Waals surface area contributed by atoms with Gasteiger partial charge in [0.05, 0.1) is 0 Å². The Morgan fingerprint density at radius 3 is 2.10 bits per heavy atom. The third-order valence-corrected chi connectivity index (χ3v) is 4.34. The maximum Gasteiger partial charge on any atom is 0.761 e. The minimum absolute atomic E-state index is 0.835. The molecule has 0 aliphatic rings. The van der Waals surface area contributed by atoms with Gasteiger partial charge in [-0.1, -0.05) is 5.70 Å². The van der Waals surface area contributed by atoms with E-state index in [1.807, 2.05) is 5.70 Å². The SMILES string of the molecule is C=C[SiH](C)O[SiH3].O=[Si](O)O. The number of rotatable bonds is 2. The van der Waals surface area contributed by atoms with Gasteiger partial charge in [0.25, 0.3) is 0 Å². The van der Waals surface area contributed by atoms with Crippen LogP contribution < -0.4 is 0 Å². The zero-order valence-electron chi connectivity index (χ0n) is 6.07. The summed E-state index contributed by atoms with van der Waals surface area (Å²) >= 11 is 0. The average Bonchev–Trinajstić information content (AvgIpc) is 1.85. The van der Waals surface area contributed by atoms with Gasteiger partial charge in [-0.3, -0.25) is 4.46 Å². The summed E-state index contributed by atoms with van der Waals surface area (Å²) in [5, 5.41) is 0. The molecule has 1 unspecified atom stereocenters. The highest BCUT2D eigenvalue weighted by Crippen LogP contribution is 1.77. The molecule has 0 saturated carbocycles. The first-order valence-electron chi connectivity index (χ1n) is 2.61. The highest BCUT2D eigenvalue weighted by molar-refractivity contribution is 6.59. The van der Waals surface area contributed by atoms with Crippen molar-refractivity contribution in [1.29, 1.82) is 0 Å². The van der Waals surface area contributed by atoms with E-state index < -0.39 is 18.2 Å². The van der Waals surface area contributed by atoms with Gasteiger partial charge in [0.15, 0.2) is 9.04 Å². The second kappa shape index (κ2) is 8.75. The summed E-state index contributed by atoms with van der Waals surface area (Å²) in [5.74, 6) is 0. The molecule has 0 heterocycles. The Labute approximate surface area is 66.3 Å². The molecule has 0 aromatic rings. The van der Waals surface area contributed by atoms with Gasteiger partial charge >= 0.3 is 9.17 Å². The smallest absolute Gasteiger partial charge is 0.511 e. The standard InChI is InChI=1S/C3H10OSi2.H2O3Si/c1-3-6(2)4-5;1-4(2)3/h3,6H,1H2,2,5H3;1-2H. The summed E-state index contributed by atoms with van der Waals surface area (Å²) in [5.41, 5.74) is 1.92. The van der Waals surface area contributed by atoms with Crippen LogP contribution >= 0.6 is 0 Å². The van der Waals surface area contributed by atoms with Crippen molar-refractivity contribution >= 4 is 28.7 Å². The highest BCUT2D eigenvalue weighted by Gasteiger charge is 1.87. The zero-order chi connectivity index (χ0) is 8.57. The first-order chi connectivity index (χ1) is 4.54. The predicted octanol–water partition coefficient (Wildman–Crippen LogP) is -2.25. The second-order valence-electron chi connectivity index (χ2n) is 1.46. The molecule has 0 aliphatic carbocycles. The minimum atomic E-state index is -3.13. The Balaban J connectivity index is 0. The van der Waals surface area contributed by atoms with Crippen molar-refractivity contribution in [3.8, 4) is 0 Å². The molecule has 0 aromatic carbocycles. The van der Waals surface area contributed by atoms with Crippen LogP contribution in [0.4, 0.5) is 0 Å². The molecule has 0 aliphatic heterocycles. The zero-order valence-corrected chi connectivity index (χ0v) is 10.2.